The second-order valence-corrected chi connectivity index (χ2v) is 5.36. The summed E-state index contributed by atoms with van der Waals surface area (Å²) < 4.78 is 0. The van der Waals surface area contributed by atoms with Crippen molar-refractivity contribution in [3.8, 4) is 5.75 Å². The molecule has 1 saturated carbocycles. The van der Waals surface area contributed by atoms with Gasteiger partial charge in [0.1, 0.15) is 5.75 Å². The van der Waals surface area contributed by atoms with Crippen molar-refractivity contribution in [2.45, 2.75) is 45.1 Å². The number of benzene rings is 1. The molecular weight excluding hydrogens is 244 g/mol. The lowest BCUT2D eigenvalue weighted by molar-refractivity contribution is 0.414. The molecular formula is C14H20N2OS. The van der Waals surface area contributed by atoms with Gasteiger partial charge < -0.3 is 15.7 Å². The largest absolute Gasteiger partial charge is 0.506 e. The summed E-state index contributed by atoms with van der Waals surface area (Å²) in [6.45, 7) is 1.95. The van der Waals surface area contributed by atoms with Crippen LogP contribution in [0.4, 0.5) is 5.69 Å². The molecule has 0 amide bonds. The molecule has 0 radical (unpaired) electrons. The zero-order valence-corrected chi connectivity index (χ0v) is 11.5. The normalized spacial score (nSPS) is 16.3. The van der Waals surface area contributed by atoms with Gasteiger partial charge in [0.15, 0.2) is 5.11 Å². The van der Waals surface area contributed by atoms with Crippen LogP contribution in [0.3, 0.4) is 0 Å². The zero-order chi connectivity index (χ0) is 13.0. The van der Waals surface area contributed by atoms with E-state index in [4.69, 9.17) is 12.2 Å². The molecule has 1 aliphatic rings. The predicted molar refractivity (Wildman–Crippen MR) is 79.1 cm³/mol. The van der Waals surface area contributed by atoms with Crippen molar-refractivity contribution in [3.63, 3.8) is 0 Å². The number of rotatable bonds is 2. The highest BCUT2D eigenvalue weighted by molar-refractivity contribution is 7.80. The number of anilines is 1. The molecule has 3 nitrogen and oxygen atoms in total. The smallest absolute Gasteiger partial charge is 0.171 e. The molecule has 1 aromatic carbocycles. The predicted octanol–water partition coefficient (Wildman–Crippen LogP) is 3.32. The van der Waals surface area contributed by atoms with E-state index in [1.54, 1.807) is 6.07 Å². The summed E-state index contributed by atoms with van der Waals surface area (Å²) in [6.07, 6.45) is 6.24. The third-order valence-electron chi connectivity index (χ3n) is 3.34. The summed E-state index contributed by atoms with van der Waals surface area (Å²) in [6, 6.07) is 6.00. The fourth-order valence-corrected chi connectivity index (χ4v) is 2.61. The van der Waals surface area contributed by atoms with Crippen LogP contribution in [0.15, 0.2) is 18.2 Å². The maximum atomic E-state index is 9.80. The van der Waals surface area contributed by atoms with Crippen LogP contribution >= 0.6 is 12.2 Å². The summed E-state index contributed by atoms with van der Waals surface area (Å²) in [4.78, 5) is 0. The minimum Gasteiger partial charge on any atom is -0.506 e. The molecule has 1 fully saturated rings. The van der Waals surface area contributed by atoms with Crippen molar-refractivity contribution in [2.24, 2.45) is 0 Å². The first-order chi connectivity index (χ1) is 8.65. The second kappa shape index (κ2) is 6.05. The Labute approximate surface area is 114 Å². The van der Waals surface area contributed by atoms with Gasteiger partial charge in [-0.05, 0) is 49.7 Å². The monoisotopic (exact) mass is 264 g/mol. The fourth-order valence-electron chi connectivity index (χ4n) is 2.34. The van der Waals surface area contributed by atoms with Gasteiger partial charge in [-0.15, -0.1) is 0 Å². The van der Waals surface area contributed by atoms with Crippen LogP contribution in [0.25, 0.3) is 0 Å². The van der Waals surface area contributed by atoms with Crippen LogP contribution in [-0.4, -0.2) is 16.3 Å². The molecule has 4 heteroatoms. The topological polar surface area (TPSA) is 44.3 Å². The third kappa shape index (κ3) is 3.60. The number of thiocarbonyl (C=S) groups is 1. The van der Waals surface area contributed by atoms with E-state index in [-0.39, 0.29) is 5.75 Å². The molecule has 0 aliphatic heterocycles. The molecule has 3 N–H and O–H groups in total. The van der Waals surface area contributed by atoms with Crippen LogP contribution < -0.4 is 10.6 Å². The Hall–Kier alpha value is -1.29. The maximum Gasteiger partial charge on any atom is 0.171 e. The third-order valence-corrected chi connectivity index (χ3v) is 3.56. The van der Waals surface area contributed by atoms with Crippen molar-refractivity contribution in [1.82, 2.24) is 5.32 Å². The number of hydrogen-bond acceptors (Lipinski definition) is 2. The lowest BCUT2D eigenvalue weighted by atomic mass is 9.96. The second-order valence-electron chi connectivity index (χ2n) is 4.95. The summed E-state index contributed by atoms with van der Waals surface area (Å²) in [5.74, 6) is 0.239. The number of hydrogen-bond donors (Lipinski definition) is 3. The van der Waals surface area contributed by atoms with Crippen LogP contribution in [0.5, 0.6) is 5.75 Å². The van der Waals surface area contributed by atoms with Crippen LogP contribution in [0, 0.1) is 6.92 Å². The van der Waals surface area contributed by atoms with E-state index in [1.807, 2.05) is 19.1 Å². The van der Waals surface area contributed by atoms with Gasteiger partial charge >= 0.3 is 0 Å². The summed E-state index contributed by atoms with van der Waals surface area (Å²) in [7, 11) is 0. The van der Waals surface area contributed by atoms with Crippen LogP contribution in [0.2, 0.25) is 0 Å². The van der Waals surface area contributed by atoms with E-state index in [0.717, 1.165) is 5.56 Å². The van der Waals surface area contributed by atoms with Crippen molar-refractivity contribution >= 4 is 23.0 Å². The molecule has 0 spiro atoms. The molecule has 1 aliphatic carbocycles. The Kier molecular flexibility index (Phi) is 4.42. The lowest BCUT2D eigenvalue weighted by Gasteiger charge is -2.24. The van der Waals surface area contributed by atoms with E-state index in [1.165, 1.54) is 32.1 Å². The molecule has 0 atom stereocenters. The Balaban J connectivity index is 1.90. The fraction of sp³-hybridized carbons (Fsp3) is 0.500. The first-order valence-corrected chi connectivity index (χ1v) is 6.93. The van der Waals surface area contributed by atoms with Crippen LogP contribution in [0.1, 0.15) is 37.7 Å². The Morgan fingerprint density at radius 1 is 1.28 bits per heavy atom. The van der Waals surface area contributed by atoms with Gasteiger partial charge in [0.05, 0.1) is 5.69 Å². The standard InChI is InChI=1S/C14H20N2OS/c1-10-7-8-12(13(17)9-10)16-14(18)15-11-5-3-2-4-6-11/h7-9,11,17H,2-6H2,1H3,(H2,15,16,18). The maximum absolute atomic E-state index is 9.80. The van der Waals surface area contributed by atoms with E-state index in [2.05, 4.69) is 10.6 Å². The van der Waals surface area contributed by atoms with Gasteiger partial charge in [0.25, 0.3) is 0 Å². The molecule has 18 heavy (non-hydrogen) atoms. The van der Waals surface area contributed by atoms with Gasteiger partial charge in [-0.2, -0.15) is 0 Å². The van der Waals surface area contributed by atoms with Crippen molar-refractivity contribution in [3.05, 3.63) is 23.8 Å². The van der Waals surface area contributed by atoms with E-state index in [0.29, 0.717) is 16.8 Å². The number of nitrogens with one attached hydrogen (secondary N) is 2. The van der Waals surface area contributed by atoms with Gasteiger partial charge in [0.2, 0.25) is 0 Å². The number of phenolic OH excluding ortho intramolecular Hbond substituents is 1. The van der Waals surface area contributed by atoms with E-state index in [9.17, 15) is 5.11 Å². The minimum atomic E-state index is 0.239. The minimum absolute atomic E-state index is 0.239. The highest BCUT2D eigenvalue weighted by Crippen LogP contribution is 2.24. The Morgan fingerprint density at radius 2 is 2.00 bits per heavy atom. The molecule has 98 valence electrons. The van der Waals surface area contributed by atoms with E-state index < -0.39 is 0 Å². The highest BCUT2D eigenvalue weighted by Gasteiger charge is 2.14. The molecule has 0 bridgehead atoms. The first-order valence-electron chi connectivity index (χ1n) is 6.52. The molecule has 0 aromatic heterocycles. The van der Waals surface area contributed by atoms with Gasteiger partial charge in [-0.3, -0.25) is 0 Å². The lowest BCUT2D eigenvalue weighted by Crippen LogP contribution is -2.38. The van der Waals surface area contributed by atoms with Crippen LogP contribution in [-0.2, 0) is 0 Å². The summed E-state index contributed by atoms with van der Waals surface area (Å²) >= 11 is 5.28. The average Bonchev–Trinajstić information content (AvgIpc) is 2.34. The molecule has 0 unspecified atom stereocenters. The van der Waals surface area contributed by atoms with Gasteiger partial charge in [-0.25, -0.2) is 0 Å². The average molecular weight is 264 g/mol. The Bertz CT molecular complexity index is 428. The SMILES string of the molecule is Cc1ccc(NC(=S)NC2CCCCC2)c(O)c1. The Morgan fingerprint density at radius 3 is 2.67 bits per heavy atom. The van der Waals surface area contributed by atoms with Crippen molar-refractivity contribution in [2.75, 3.05) is 5.32 Å². The quantitative estimate of drug-likeness (QED) is 0.566. The van der Waals surface area contributed by atoms with Crippen molar-refractivity contribution < 1.29 is 5.11 Å². The molecule has 1 aromatic rings. The van der Waals surface area contributed by atoms with Crippen molar-refractivity contribution in [1.29, 1.82) is 0 Å². The van der Waals surface area contributed by atoms with Gasteiger partial charge in [0, 0.05) is 6.04 Å². The van der Waals surface area contributed by atoms with Gasteiger partial charge in [-0.1, -0.05) is 25.3 Å². The van der Waals surface area contributed by atoms with E-state index >= 15 is 0 Å². The molecule has 0 saturated heterocycles. The number of phenols is 1. The first kappa shape index (κ1) is 13.1. The zero-order valence-electron chi connectivity index (χ0n) is 10.7. The summed E-state index contributed by atoms with van der Waals surface area (Å²) in [5, 5.41) is 16.8. The summed E-state index contributed by atoms with van der Waals surface area (Å²) in [5.41, 5.74) is 1.69. The molecule has 2 rings (SSSR count). The number of aromatic hydroxyl groups is 1. The molecule has 0 heterocycles. The number of aryl methyl sites for hydroxylation is 1. The highest BCUT2D eigenvalue weighted by atomic mass is 32.1.